The van der Waals surface area contributed by atoms with Gasteiger partial charge in [-0.25, -0.2) is 4.39 Å². The molecule has 0 unspecified atom stereocenters. The van der Waals surface area contributed by atoms with E-state index in [0.29, 0.717) is 6.61 Å². The number of carbonyl (C=O) groups is 1. The van der Waals surface area contributed by atoms with Crippen molar-refractivity contribution < 1.29 is 18.7 Å². The molecule has 1 saturated heterocycles. The number of nitrogens with zero attached hydrogens (tertiary/aromatic N) is 1. The zero-order chi connectivity index (χ0) is 21.5. The predicted octanol–water partition coefficient (Wildman–Crippen LogP) is 4.38. The molecule has 2 fully saturated rings. The van der Waals surface area contributed by atoms with Crippen LogP contribution in [0.1, 0.15) is 37.7 Å². The number of nitrogens with one attached hydrogen (secondary N) is 1. The lowest BCUT2D eigenvalue weighted by molar-refractivity contribution is -0.122. The number of carbonyl (C=O) groups excluding carboxylic acids is 1. The molecule has 5 nitrogen and oxygen atoms in total. The molecule has 6 heteroatoms. The zero-order valence-corrected chi connectivity index (χ0v) is 17.9. The largest absolute Gasteiger partial charge is 0.492 e. The number of hydrogen-bond donors (Lipinski definition) is 1. The highest BCUT2D eigenvalue weighted by Crippen LogP contribution is 2.40. The third-order valence-electron chi connectivity index (χ3n) is 6.43. The van der Waals surface area contributed by atoms with Crippen LogP contribution in [0.25, 0.3) is 0 Å². The molecule has 1 heterocycles. The standard InChI is InChI=1S/C25H31FN2O3/c26-21-6-4-20(5-7-21)25(12-2-1-3-13-25)24(29)27-22-8-10-23(11-9-22)31-19-16-28-14-17-30-18-15-28/h4-11H,1-3,12-19H2,(H,27,29). The van der Waals surface area contributed by atoms with Crippen LogP contribution >= 0.6 is 0 Å². The second kappa shape index (κ2) is 10.2. The number of hydrogen-bond acceptors (Lipinski definition) is 4. The molecule has 2 aromatic rings. The Bertz CT molecular complexity index is 842. The van der Waals surface area contributed by atoms with E-state index < -0.39 is 5.41 Å². The smallest absolute Gasteiger partial charge is 0.235 e. The van der Waals surface area contributed by atoms with Crippen molar-refractivity contribution in [2.45, 2.75) is 37.5 Å². The first-order valence-corrected chi connectivity index (χ1v) is 11.3. The van der Waals surface area contributed by atoms with E-state index in [2.05, 4.69) is 10.2 Å². The molecular formula is C25H31FN2O3. The van der Waals surface area contributed by atoms with Crippen molar-refractivity contribution in [3.8, 4) is 5.75 Å². The van der Waals surface area contributed by atoms with Crippen molar-refractivity contribution in [2.24, 2.45) is 0 Å². The Hall–Kier alpha value is -2.44. The number of ether oxygens (including phenoxy) is 2. The summed E-state index contributed by atoms with van der Waals surface area (Å²) < 4.78 is 24.7. The average Bonchev–Trinajstić information content (AvgIpc) is 2.82. The summed E-state index contributed by atoms with van der Waals surface area (Å²) in [6.45, 7) is 4.97. The lowest BCUT2D eigenvalue weighted by atomic mass is 9.68. The molecule has 0 bridgehead atoms. The summed E-state index contributed by atoms with van der Waals surface area (Å²) in [7, 11) is 0. The number of rotatable bonds is 7. The molecule has 1 aliphatic carbocycles. The van der Waals surface area contributed by atoms with Crippen LogP contribution < -0.4 is 10.1 Å². The van der Waals surface area contributed by atoms with E-state index in [1.807, 2.05) is 24.3 Å². The van der Waals surface area contributed by atoms with Gasteiger partial charge in [0.25, 0.3) is 0 Å². The molecule has 0 aromatic heterocycles. The summed E-state index contributed by atoms with van der Waals surface area (Å²) in [6.07, 6.45) is 4.70. The van der Waals surface area contributed by atoms with Gasteiger partial charge in [0.05, 0.1) is 18.6 Å². The Morgan fingerprint density at radius 2 is 1.68 bits per heavy atom. The van der Waals surface area contributed by atoms with Gasteiger partial charge in [0.15, 0.2) is 0 Å². The number of morpholine rings is 1. The first kappa shape index (κ1) is 21.8. The number of benzene rings is 2. The highest BCUT2D eigenvalue weighted by molar-refractivity contribution is 5.99. The summed E-state index contributed by atoms with van der Waals surface area (Å²) in [6, 6.07) is 13.9. The van der Waals surface area contributed by atoms with Crippen LogP contribution in [-0.2, 0) is 14.9 Å². The molecule has 0 radical (unpaired) electrons. The Kier molecular flexibility index (Phi) is 7.20. The molecule has 1 amide bonds. The van der Waals surface area contributed by atoms with Crippen molar-refractivity contribution in [3.63, 3.8) is 0 Å². The van der Waals surface area contributed by atoms with E-state index in [4.69, 9.17) is 9.47 Å². The van der Waals surface area contributed by atoms with E-state index in [9.17, 15) is 9.18 Å². The lowest BCUT2D eigenvalue weighted by Gasteiger charge is -2.36. The zero-order valence-electron chi connectivity index (χ0n) is 17.9. The van der Waals surface area contributed by atoms with Crippen LogP contribution in [0.2, 0.25) is 0 Å². The Labute approximate surface area is 183 Å². The van der Waals surface area contributed by atoms with Crippen LogP contribution in [0.3, 0.4) is 0 Å². The van der Waals surface area contributed by atoms with Gasteiger partial charge in [-0.2, -0.15) is 0 Å². The van der Waals surface area contributed by atoms with Crippen LogP contribution in [-0.4, -0.2) is 50.3 Å². The number of halogens is 1. The minimum Gasteiger partial charge on any atom is -0.492 e. The van der Waals surface area contributed by atoms with Gasteiger partial charge in [-0.1, -0.05) is 31.4 Å². The van der Waals surface area contributed by atoms with Gasteiger partial charge in [-0.3, -0.25) is 9.69 Å². The SMILES string of the molecule is O=C(Nc1ccc(OCCN2CCOCC2)cc1)C1(c2ccc(F)cc2)CCCCC1. The van der Waals surface area contributed by atoms with Crippen molar-refractivity contribution >= 4 is 11.6 Å². The average molecular weight is 427 g/mol. The molecule has 0 spiro atoms. The summed E-state index contributed by atoms with van der Waals surface area (Å²) in [4.78, 5) is 15.7. The Morgan fingerprint density at radius 3 is 2.35 bits per heavy atom. The molecule has 1 N–H and O–H groups in total. The quantitative estimate of drug-likeness (QED) is 0.714. The fraction of sp³-hybridized carbons (Fsp3) is 0.480. The second-order valence-corrected chi connectivity index (χ2v) is 8.43. The summed E-state index contributed by atoms with van der Waals surface area (Å²) >= 11 is 0. The Balaban J connectivity index is 1.36. The van der Waals surface area contributed by atoms with E-state index in [1.54, 1.807) is 12.1 Å². The second-order valence-electron chi connectivity index (χ2n) is 8.43. The maximum atomic E-state index is 13.4. The van der Waals surface area contributed by atoms with Crippen LogP contribution in [0.4, 0.5) is 10.1 Å². The van der Waals surface area contributed by atoms with Gasteiger partial charge in [-0.15, -0.1) is 0 Å². The monoisotopic (exact) mass is 426 g/mol. The molecule has 0 atom stereocenters. The lowest BCUT2D eigenvalue weighted by Crippen LogP contribution is -2.42. The van der Waals surface area contributed by atoms with Crippen LogP contribution in [0.5, 0.6) is 5.75 Å². The summed E-state index contributed by atoms with van der Waals surface area (Å²) in [5.41, 5.74) is 1.05. The molecule has 2 aromatic carbocycles. The van der Waals surface area contributed by atoms with Crippen molar-refractivity contribution in [2.75, 3.05) is 44.8 Å². The van der Waals surface area contributed by atoms with E-state index in [1.165, 1.54) is 12.1 Å². The van der Waals surface area contributed by atoms with Gasteiger partial charge < -0.3 is 14.8 Å². The fourth-order valence-corrected chi connectivity index (χ4v) is 4.57. The van der Waals surface area contributed by atoms with Crippen LogP contribution in [0, 0.1) is 5.82 Å². The maximum Gasteiger partial charge on any atom is 0.235 e. The third-order valence-corrected chi connectivity index (χ3v) is 6.43. The normalized spacial score (nSPS) is 19.0. The van der Waals surface area contributed by atoms with Crippen molar-refractivity contribution in [1.82, 2.24) is 4.90 Å². The molecular weight excluding hydrogens is 395 g/mol. The first-order chi connectivity index (χ1) is 15.2. The molecule has 166 valence electrons. The molecule has 4 rings (SSSR count). The minimum absolute atomic E-state index is 0.0141. The number of anilines is 1. The highest BCUT2D eigenvalue weighted by atomic mass is 19.1. The topological polar surface area (TPSA) is 50.8 Å². The maximum absolute atomic E-state index is 13.4. The molecule has 1 saturated carbocycles. The first-order valence-electron chi connectivity index (χ1n) is 11.3. The van der Waals surface area contributed by atoms with Gasteiger partial charge in [0.2, 0.25) is 5.91 Å². The van der Waals surface area contributed by atoms with Gasteiger partial charge >= 0.3 is 0 Å². The van der Waals surface area contributed by atoms with E-state index in [0.717, 1.165) is 82.0 Å². The van der Waals surface area contributed by atoms with Crippen molar-refractivity contribution in [3.05, 3.63) is 59.9 Å². The van der Waals surface area contributed by atoms with Gasteiger partial charge in [0, 0.05) is 25.3 Å². The van der Waals surface area contributed by atoms with E-state index in [-0.39, 0.29) is 11.7 Å². The summed E-state index contributed by atoms with van der Waals surface area (Å²) in [5, 5.41) is 3.09. The van der Waals surface area contributed by atoms with Gasteiger partial charge in [0.1, 0.15) is 18.2 Å². The van der Waals surface area contributed by atoms with Gasteiger partial charge in [-0.05, 0) is 54.8 Å². The number of amides is 1. The fourth-order valence-electron chi connectivity index (χ4n) is 4.57. The minimum atomic E-state index is -0.598. The van der Waals surface area contributed by atoms with E-state index >= 15 is 0 Å². The third kappa shape index (κ3) is 5.43. The van der Waals surface area contributed by atoms with Crippen LogP contribution in [0.15, 0.2) is 48.5 Å². The predicted molar refractivity (Wildman–Crippen MR) is 119 cm³/mol. The van der Waals surface area contributed by atoms with Crippen molar-refractivity contribution in [1.29, 1.82) is 0 Å². The summed E-state index contributed by atoms with van der Waals surface area (Å²) in [5.74, 6) is 0.497. The Morgan fingerprint density at radius 1 is 1.00 bits per heavy atom. The highest BCUT2D eigenvalue weighted by Gasteiger charge is 2.41. The molecule has 2 aliphatic rings. The molecule has 1 aliphatic heterocycles. The molecule has 31 heavy (non-hydrogen) atoms.